The van der Waals surface area contributed by atoms with E-state index in [9.17, 15) is 8.42 Å². The van der Waals surface area contributed by atoms with Crippen molar-refractivity contribution in [2.45, 2.75) is 33.1 Å². The lowest BCUT2D eigenvalue weighted by atomic mass is 9.94. The fraction of sp³-hybridized carbons (Fsp3) is 0.571. The summed E-state index contributed by atoms with van der Waals surface area (Å²) >= 11 is 0. The van der Waals surface area contributed by atoms with E-state index < -0.39 is 10.0 Å². The van der Waals surface area contributed by atoms with Crippen molar-refractivity contribution < 1.29 is 8.42 Å². The van der Waals surface area contributed by atoms with Crippen molar-refractivity contribution in [3.8, 4) is 0 Å². The summed E-state index contributed by atoms with van der Waals surface area (Å²) in [6.45, 7) is 4.93. The molecular formula is C14H21NO2S. The molecule has 0 amide bonds. The average molecular weight is 267 g/mol. The van der Waals surface area contributed by atoms with Crippen LogP contribution in [0.4, 0.5) is 5.69 Å². The molecule has 1 aromatic carbocycles. The smallest absolute Gasteiger partial charge is 0.232 e. The molecule has 0 atom stereocenters. The average Bonchev–Trinajstić information content (AvgIpc) is 2.26. The summed E-state index contributed by atoms with van der Waals surface area (Å²) in [6, 6.07) is 6.15. The van der Waals surface area contributed by atoms with E-state index in [1.54, 1.807) is 4.31 Å². The summed E-state index contributed by atoms with van der Waals surface area (Å²) in [5.41, 5.74) is 3.28. The predicted molar refractivity (Wildman–Crippen MR) is 75.5 cm³/mol. The third kappa shape index (κ3) is 2.69. The third-order valence-electron chi connectivity index (χ3n) is 3.29. The molecule has 4 heteroatoms. The van der Waals surface area contributed by atoms with Crippen LogP contribution in [0.1, 0.15) is 31.4 Å². The number of para-hydroxylation sites is 1. The van der Waals surface area contributed by atoms with Gasteiger partial charge in [0.15, 0.2) is 0 Å². The van der Waals surface area contributed by atoms with Gasteiger partial charge in [-0.05, 0) is 36.3 Å². The van der Waals surface area contributed by atoms with Crippen molar-refractivity contribution in [3.63, 3.8) is 0 Å². The zero-order valence-electron chi connectivity index (χ0n) is 11.3. The Morgan fingerprint density at radius 1 is 1.33 bits per heavy atom. The second kappa shape index (κ2) is 4.92. The van der Waals surface area contributed by atoms with E-state index in [2.05, 4.69) is 26.0 Å². The number of sulfonamides is 1. The second-order valence-corrected chi connectivity index (χ2v) is 7.37. The first-order chi connectivity index (χ1) is 8.39. The molecule has 0 unspecified atom stereocenters. The van der Waals surface area contributed by atoms with Crippen LogP contribution in [0, 0.1) is 5.92 Å². The molecule has 0 radical (unpaired) electrons. The molecule has 0 saturated heterocycles. The van der Waals surface area contributed by atoms with Gasteiger partial charge in [-0.2, -0.15) is 0 Å². The Morgan fingerprint density at radius 2 is 2.06 bits per heavy atom. The highest BCUT2D eigenvalue weighted by molar-refractivity contribution is 7.92. The number of aryl methyl sites for hydroxylation is 1. The van der Waals surface area contributed by atoms with E-state index in [0.717, 1.165) is 30.5 Å². The van der Waals surface area contributed by atoms with Gasteiger partial charge in [-0.1, -0.05) is 32.0 Å². The Kier molecular flexibility index (Phi) is 3.66. The molecule has 1 heterocycles. The minimum atomic E-state index is -3.16. The monoisotopic (exact) mass is 267 g/mol. The lowest BCUT2D eigenvalue weighted by Gasteiger charge is -2.31. The summed E-state index contributed by atoms with van der Waals surface area (Å²) in [7, 11) is -3.16. The zero-order chi connectivity index (χ0) is 13.3. The van der Waals surface area contributed by atoms with Crippen molar-refractivity contribution in [2.75, 3.05) is 17.1 Å². The van der Waals surface area contributed by atoms with E-state index in [-0.39, 0.29) is 0 Å². The highest BCUT2D eigenvalue weighted by atomic mass is 32.2. The second-order valence-electron chi connectivity index (χ2n) is 5.46. The number of nitrogens with zero attached hydrogens (tertiary/aromatic N) is 1. The maximum absolute atomic E-state index is 11.9. The van der Waals surface area contributed by atoms with Gasteiger partial charge in [0, 0.05) is 6.54 Å². The molecule has 2 rings (SSSR count). The number of rotatable bonds is 3. The van der Waals surface area contributed by atoms with Gasteiger partial charge in [-0.15, -0.1) is 0 Å². The number of anilines is 1. The van der Waals surface area contributed by atoms with Crippen LogP contribution in [0.2, 0.25) is 0 Å². The minimum absolute atomic E-state index is 0.528. The summed E-state index contributed by atoms with van der Waals surface area (Å²) in [6.07, 6.45) is 4.11. The summed E-state index contributed by atoms with van der Waals surface area (Å²) in [4.78, 5) is 0. The first-order valence-electron chi connectivity index (χ1n) is 6.48. The molecule has 1 aromatic rings. The standard InChI is InChI=1S/C14H21NO2S/c1-11(2)10-13-7-4-6-12-8-5-9-15(14(12)13)18(3,16)17/h4,6-7,11H,5,8-10H2,1-3H3. The summed E-state index contributed by atoms with van der Waals surface area (Å²) in [5, 5.41) is 0. The molecule has 0 saturated carbocycles. The van der Waals surface area contributed by atoms with Gasteiger partial charge in [0.1, 0.15) is 0 Å². The predicted octanol–water partition coefficient (Wildman–Crippen LogP) is 2.60. The minimum Gasteiger partial charge on any atom is -0.270 e. The van der Waals surface area contributed by atoms with Crippen LogP contribution in [0.3, 0.4) is 0 Å². The lowest BCUT2D eigenvalue weighted by molar-refractivity contribution is 0.590. The van der Waals surface area contributed by atoms with Crippen LogP contribution >= 0.6 is 0 Å². The van der Waals surface area contributed by atoms with Crippen LogP contribution in [0.5, 0.6) is 0 Å². The van der Waals surface area contributed by atoms with Gasteiger partial charge < -0.3 is 0 Å². The molecule has 1 aliphatic rings. The number of benzene rings is 1. The molecule has 0 aliphatic carbocycles. The maximum atomic E-state index is 11.9. The van der Waals surface area contributed by atoms with E-state index in [4.69, 9.17) is 0 Å². The number of hydrogen-bond donors (Lipinski definition) is 0. The summed E-state index contributed by atoms with van der Waals surface area (Å²) in [5.74, 6) is 0.528. The van der Waals surface area contributed by atoms with E-state index >= 15 is 0 Å². The molecule has 1 aliphatic heterocycles. The molecule has 0 spiro atoms. The van der Waals surface area contributed by atoms with Crippen LogP contribution in [0.25, 0.3) is 0 Å². The molecule has 0 bridgehead atoms. The number of hydrogen-bond acceptors (Lipinski definition) is 2. The SMILES string of the molecule is CC(C)Cc1cccc2c1N(S(C)(=O)=O)CCC2. The van der Waals surface area contributed by atoms with E-state index in [1.165, 1.54) is 11.8 Å². The molecule has 18 heavy (non-hydrogen) atoms. The Bertz CT molecular complexity index is 535. The first kappa shape index (κ1) is 13.4. The topological polar surface area (TPSA) is 37.4 Å². The van der Waals surface area contributed by atoms with Crippen molar-refractivity contribution in [2.24, 2.45) is 5.92 Å². The van der Waals surface area contributed by atoms with Crippen LogP contribution in [0.15, 0.2) is 18.2 Å². The van der Waals surface area contributed by atoms with Crippen molar-refractivity contribution in [1.29, 1.82) is 0 Å². The van der Waals surface area contributed by atoms with Gasteiger partial charge in [0.25, 0.3) is 0 Å². The van der Waals surface area contributed by atoms with Gasteiger partial charge in [0.05, 0.1) is 11.9 Å². The van der Waals surface area contributed by atoms with Crippen molar-refractivity contribution in [1.82, 2.24) is 0 Å². The highest BCUT2D eigenvalue weighted by Crippen LogP contribution is 2.33. The fourth-order valence-electron chi connectivity index (χ4n) is 2.63. The van der Waals surface area contributed by atoms with Gasteiger partial charge >= 0.3 is 0 Å². The van der Waals surface area contributed by atoms with E-state index in [0.29, 0.717) is 12.5 Å². The quantitative estimate of drug-likeness (QED) is 0.844. The molecular weight excluding hydrogens is 246 g/mol. The Hall–Kier alpha value is -1.03. The molecule has 0 fully saturated rings. The molecule has 0 aromatic heterocycles. The zero-order valence-corrected chi connectivity index (χ0v) is 12.1. The number of fused-ring (bicyclic) bond motifs is 1. The van der Waals surface area contributed by atoms with Crippen LogP contribution in [-0.2, 0) is 22.9 Å². The molecule has 3 nitrogen and oxygen atoms in total. The van der Waals surface area contributed by atoms with Gasteiger partial charge in [-0.25, -0.2) is 8.42 Å². The lowest BCUT2D eigenvalue weighted by Crippen LogP contribution is -2.35. The van der Waals surface area contributed by atoms with Gasteiger partial charge in [0.2, 0.25) is 10.0 Å². The summed E-state index contributed by atoms with van der Waals surface area (Å²) < 4.78 is 25.4. The van der Waals surface area contributed by atoms with E-state index in [1.807, 2.05) is 6.07 Å². The highest BCUT2D eigenvalue weighted by Gasteiger charge is 2.26. The molecule has 100 valence electrons. The largest absolute Gasteiger partial charge is 0.270 e. The Balaban J connectivity index is 2.53. The third-order valence-corrected chi connectivity index (χ3v) is 4.45. The Labute approximate surface area is 110 Å². The van der Waals surface area contributed by atoms with Crippen LogP contribution in [-0.4, -0.2) is 21.2 Å². The maximum Gasteiger partial charge on any atom is 0.232 e. The van der Waals surface area contributed by atoms with Crippen molar-refractivity contribution >= 4 is 15.7 Å². The fourth-order valence-corrected chi connectivity index (χ4v) is 3.65. The van der Waals surface area contributed by atoms with Crippen LogP contribution < -0.4 is 4.31 Å². The first-order valence-corrected chi connectivity index (χ1v) is 8.33. The Morgan fingerprint density at radius 3 is 2.67 bits per heavy atom. The van der Waals surface area contributed by atoms with Crippen molar-refractivity contribution in [3.05, 3.63) is 29.3 Å². The van der Waals surface area contributed by atoms with Gasteiger partial charge in [-0.3, -0.25) is 4.31 Å². The molecule has 0 N–H and O–H groups in total. The normalized spacial score (nSPS) is 15.9.